The number of carbonyl (C=O) groups is 1. The largest absolute Gasteiger partial charge is 0.289 e. The van der Waals surface area contributed by atoms with E-state index in [0.717, 1.165) is 11.1 Å². The minimum Gasteiger partial charge on any atom is -0.289 e. The fourth-order valence-corrected chi connectivity index (χ4v) is 2.16. The van der Waals surface area contributed by atoms with Gasteiger partial charge in [-0.15, -0.1) is 0 Å². The Labute approximate surface area is 99.1 Å². The van der Waals surface area contributed by atoms with E-state index in [4.69, 9.17) is 0 Å². The molecular weight excluding hydrogens is 216 g/mol. The zero-order valence-corrected chi connectivity index (χ0v) is 9.67. The Hall–Kier alpha value is -1.67. The first-order chi connectivity index (χ1) is 7.77. The van der Waals surface area contributed by atoms with Crippen LogP contribution in [-0.4, -0.2) is 5.78 Å². The number of allylic oxidation sites excluding steroid dienone is 1. The maximum atomic E-state index is 11.9. The van der Waals surface area contributed by atoms with Crippen molar-refractivity contribution in [2.45, 2.75) is 6.42 Å². The van der Waals surface area contributed by atoms with E-state index in [1.807, 2.05) is 47.2 Å². The monoisotopic (exact) mass is 228 g/mol. The summed E-state index contributed by atoms with van der Waals surface area (Å²) in [4.78, 5) is 11.9. The zero-order chi connectivity index (χ0) is 11.4. The standard InChI is InChI=1S/C14H12OS/c1-11(9-12-5-3-2-4-6-12)14(15)13-7-8-16-10-13/h2-8,10H,1,9H2. The van der Waals surface area contributed by atoms with Crippen LogP contribution in [0.3, 0.4) is 0 Å². The van der Waals surface area contributed by atoms with Crippen LogP contribution in [0.15, 0.2) is 59.3 Å². The number of carbonyl (C=O) groups excluding carboxylic acids is 1. The molecule has 0 bridgehead atoms. The van der Waals surface area contributed by atoms with Crippen molar-refractivity contribution < 1.29 is 4.79 Å². The van der Waals surface area contributed by atoms with Gasteiger partial charge in [-0.1, -0.05) is 36.9 Å². The van der Waals surface area contributed by atoms with Crippen LogP contribution in [0.5, 0.6) is 0 Å². The minimum atomic E-state index is 0.0464. The summed E-state index contributed by atoms with van der Waals surface area (Å²) in [5.74, 6) is 0.0464. The Balaban J connectivity index is 2.07. The van der Waals surface area contributed by atoms with Crippen LogP contribution in [0.25, 0.3) is 0 Å². The Morgan fingerprint density at radius 3 is 2.56 bits per heavy atom. The van der Waals surface area contributed by atoms with Gasteiger partial charge in [-0.3, -0.25) is 4.79 Å². The number of hydrogen-bond donors (Lipinski definition) is 0. The highest BCUT2D eigenvalue weighted by Crippen LogP contribution is 2.14. The van der Waals surface area contributed by atoms with Crippen molar-refractivity contribution in [2.24, 2.45) is 0 Å². The first kappa shape index (κ1) is 10.8. The molecule has 1 aromatic heterocycles. The minimum absolute atomic E-state index is 0.0464. The molecule has 0 aliphatic carbocycles. The molecule has 0 unspecified atom stereocenters. The van der Waals surface area contributed by atoms with Gasteiger partial charge in [0.2, 0.25) is 0 Å². The van der Waals surface area contributed by atoms with Crippen LogP contribution in [0, 0.1) is 0 Å². The average Bonchev–Trinajstić information content (AvgIpc) is 2.83. The molecule has 80 valence electrons. The maximum absolute atomic E-state index is 11.9. The van der Waals surface area contributed by atoms with Gasteiger partial charge in [-0.2, -0.15) is 11.3 Å². The number of Topliss-reactive ketones (excluding diaryl/α,β-unsaturated/α-hetero) is 1. The van der Waals surface area contributed by atoms with Crippen molar-refractivity contribution in [2.75, 3.05) is 0 Å². The predicted octanol–water partition coefficient (Wildman–Crippen LogP) is 3.73. The van der Waals surface area contributed by atoms with E-state index in [1.165, 1.54) is 11.3 Å². The van der Waals surface area contributed by atoms with Crippen LogP contribution in [0.2, 0.25) is 0 Å². The predicted molar refractivity (Wildman–Crippen MR) is 67.9 cm³/mol. The van der Waals surface area contributed by atoms with Crippen molar-refractivity contribution in [1.29, 1.82) is 0 Å². The Kier molecular flexibility index (Phi) is 3.32. The molecule has 1 heterocycles. The molecule has 0 saturated heterocycles. The molecule has 0 fully saturated rings. The highest BCUT2D eigenvalue weighted by molar-refractivity contribution is 7.08. The molecule has 0 saturated carbocycles. The van der Waals surface area contributed by atoms with Gasteiger partial charge in [0.25, 0.3) is 0 Å². The molecule has 1 nitrogen and oxygen atoms in total. The molecule has 2 aromatic rings. The van der Waals surface area contributed by atoms with Gasteiger partial charge in [0.1, 0.15) is 0 Å². The van der Waals surface area contributed by atoms with Gasteiger partial charge >= 0.3 is 0 Å². The second-order valence-corrected chi connectivity index (χ2v) is 4.39. The fourth-order valence-electron chi connectivity index (χ4n) is 1.52. The number of benzene rings is 1. The highest BCUT2D eigenvalue weighted by atomic mass is 32.1. The van der Waals surface area contributed by atoms with E-state index < -0.39 is 0 Å². The van der Waals surface area contributed by atoms with E-state index in [9.17, 15) is 4.79 Å². The lowest BCUT2D eigenvalue weighted by Gasteiger charge is -2.03. The third-order valence-corrected chi connectivity index (χ3v) is 3.05. The molecule has 0 atom stereocenters. The molecule has 2 rings (SSSR count). The Bertz CT molecular complexity index is 483. The first-order valence-corrected chi connectivity index (χ1v) is 6.00. The normalized spacial score (nSPS) is 10.0. The maximum Gasteiger partial charge on any atom is 0.189 e. The number of rotatable bonds is 4. The smallest absolute Gasteiger partial charge is 0.189 e. The number of hydrogen-bond acceptors (Lipinski definition) is 2. The lowest BCUT2D eigenvalue weighted by atomic mass is 10.0. The molecule has 0 aliphatic rings. The van der Waals surface area contributed by atoms with Crippen molar-refractivity contribution in [3.8, 4) is 0 Å². The van der Waals surface area contributed by atoms with Crippen molar-refractivity contribution in [3.05, 3.63) is 70.4 Å². The highest BCUT2D eigenvalue weighted by Gasteiger charge is 2.10. The van der Waals surface area contributed by atoms with E-state index in [-0.39, 0.29) is 5.78 Å². The molecule has 2 heteroatoms. The summed E-state index contributed by atoms with van der Waals surface area (Å²) >= 11 is 1.53. The molecule has 0 amide bonds. The molecule has 0 aliphatic heterocycles. The van der Waals surface area contributed by atoms with Gasteiger partial charge in [-0.25, -0.2) is 0 Å². The summed E-state index contributed by atoms with van der Waals surface area (Å²) in [5.41, 5.74) is 2.51. The summed E-state index contributed by atoms with van der Waals surface area (Å²) in [6.07, 6.45) is 0.621. The lowest BCUT2D eigenvalue weighted by Crippen LogP contribution is -2.03. The summed E-state index contributed by atoms with van der Waals surface area (Å²) in [7, 11) is 0. The molecular formula is C14H12OS. The SMILES string of the molecule is C=C(Cc1ccccc1)C(=O)c1ccsc1. The van der Waals surface area contributed by atoms with Gasteiger partial charge in [0.15, 0.2) is 5.78 Å². The van der Waals surface area contributed by atoms with Crippen LogP contribution >= 0.6 is 11.3 Å². The quantitative estimate of drug-likeness (QED) is 0.575. The van der Waals surface area contributed by atoms with E-state index in [2.05, 4.69) is 6.58 Å². The second kappa shape index (κ2) is 4.90. The Morgan fingerprint density at radius 1 is 1.19 bits per heavy atom. The van der Waals surface area contributed by atoms with E-state index in [0.29, 0.717) is 12.0 Å². The molecule has 0 spiro atoms. The molecule has 0 radical (unpaired) electrons. The number of ketones is 1. The average molecular weight is 228 g/mol. The van der Waals surface area contributed by atoms with Gasteiger partial charge in [0.05, 0.1) is 0 Å². The van der Waals surface area contributed by atoms with Gasteiger partial charge < -0.3 is 0 Å². The van der Waals surface area contributed by atoms with Crippen LogP contribution in [0.4, 0.5) is 0 Å². The zero-order valence-electron chi connectivity index (χ0n) is 8.85. The Morgan fingerprint density at radius 2 is 1.94 bits per heavy atom. The van der Waals surface area contributed by atoms with E-state index in [1.54, 1.807) is 0 Å². The lowest BCUT2D eigenvalue weighted by molar-refractivity contribution is 0.103. The van der Waals surface area contributed by atoms with Crippen LogP contribution in [0.1, 0.15) is 15.9 Å². The fraction of sp³-hybridized carbons (Fsp3) is 0.0714. The molecule has 16 heavy (non-hydrogen) atoms. The summed E-state index contributed by atoms with van der Waals surface area (Å²) in [5, 5.41) is 3.77. The molecule has 0 N–H and O–H groups in total. The topological polar surface area (TPSA) is 17.1 Å². The van der Waals surface area contributed by atoms with Gasteiger partial charge in [-0.05, 0) is 22.6 Å². The third-order valence-electron chi connectivity index (χ3n) is 2.36. The van der Waals surface area contributed by atoms with Crippen molar-refractivity contribution in [3.63, 3.8) is 0 Å². The van der Waals surface area contributed by atoms with Crippen molar-refractivity contribution >= 4 is 17.1 Å². The van der Waals surface area contributed by atoms with Crippen LogP contribution in [-0.2, 0) is 6.42 Å². The third kappa shape index (κ3) is 2.47. The molecule has 1 aromatic carbocycles. The van der Waals surface area contributed by atoms with Crippen molar-refractivity contribution in [1.82, 2.24) is 0 Å². The second-order valence-electron chi connectivity index (χ2n) is 3.61. The van der Waals surface area contributed by atoms with Gasteiger partial charge in [0, 0.05) is 17.4 Å². The first-order valence-electron chi connectivity index (χ1n) is 5.06. The number of thiophene rings is 1. The van der Waals surface area contributed by atoms with E-state index >= 15 is 0 Å². The summed E-state index contributed by atoms with van der Waals surface area (Å²) < 4.78 is 0. The summed E-state index contributed by atoms with van der Waals surface area (Å²) in [6, 6.07) is 11.8. The summed E-state index contributed by atoms with van der Waals surface area (Å²) in [6.45, 7) is 3.86. The van der Waals surface area contributed by atoms with Crippen LogP contribution < -0.4 is 0 Å².